The van der Waals surface area contributed by atoms with Crippen LogP contribution in [0.5, 0.6) is 11.5 Å². The van der Waals surface area contributed by atoms with Crippen molar-refractivity contribution in [1.29, 1.82) is 0 Å². The van der Waals surface area contributed by atoms with Crippen LogP contribution in [-0.4, -0.2) is 21.8 Å². The van der Waals surface area contributed by atoms with Gasteiger partial charge in [-0.1, -0.05) is 35.0 Å². The first-order valence-corrected chi connectivity index (χ1v) is 11.0. The molecule has 1 N–H and O–H groups in total. The molecule has 6 nitrogen and oxygen atoms in total. The van der Waals surface area contributed by atoms with Crippen molar-refractivity contribution in [1.82, 2.24) is 15.0 Å². The smallest absolute Gasteiger partial charge is 0.231 e. The predicted molar refractivity (Wildman–Crippen MR) is 124 cm³/mol. The SMILES string of the molecule is Cc1nnn2c1-c1ccc(-c3ccc4c(c3)OCO4)cc1C(Nc1ccc(Cl)cc1)CC2. The topological polar surface area (TPSA) is 61.2 Å². The van der Waals surface area contributed by atoms with E-state index in [1.807, 2.05) is 48.0 Å². The molecule has 0 spiro atoms. The van der Waals surface area contributed by atoms with Gasteiger partial charge in [0.2, 0.25) is 6.79 Å². The Labute approximate surface area is 190 Å². The summed E-state index contributed by atoms with van der Waals surface area (Å²) in [5.41, 5.74) is 7.65. The fraction of sp³-hybridized carbons (Fsp3) is 0.200. The van der Waals surface area contributed by atoms with Crippen LogP contribution < -0.4 is 14.8 Å². The van der Waals surface area contributed by atoms with Crippen LogP contribution in [0.4, 0.5) is 5.69 Å². The number of aryl methyl sites for hydroxylation is 2. The van der Waals surface area contributed by atoms with E-state index in [0.717, 1.165) is 63.3 Å². The quantitative estimate of drug-likeness (QED) is 0.429. The molecule has 0 saturated heterocycles. The van der Waals surface area contributed by atoms with Crippen molar-refractivity contribution in [2.45, 2.75) is 25.9 Å². The van der Waals surface area contributed by atoms with Gasteiger partial charge >= 0.3 is 0 Å². The third kappa shape index (κ3) is 3.28. The predicted octanol–water partition coefficient (Wildman–Crippen LogP) is 5.86. The molecule has 1 unspecified atom stereocenters. The Kier molecular flexibility index (Phi) is 4.54. The Morgan fingerprint density at radius 2 is 1.75 bits per heavy atom. The summed E-state index contributed by atoms with van der Waals surface area (Å²) in [6.07, 6.45) is 0.885. The Hall–Kier alpha value is -3.51. The fourth-order valence-corrected chi connectivity index (χ4v) is 4.64. The van der Waals surface area contributed by atoms with Gasteiger partial charge in [-0.2, -0.15) is 0 Å². The lowest BCUT2D eigenvalue weighted by Gasteiger charge is -2.21. The molecule has 0 amide bonds. The zero-order valence-corrected chi connectivity index (χ0v) is 18.3. The monoisotopic (exact) mass is 444 g/mol. The highest BCUT2D eigenvalue weighted by atomic mass is 35.5. The normalized spacial score (nSPS) is 16.2. The number of hydrogen-bond donors (Lipinski definition) is 1. The van der Waals surface area contributed by atoms with E-state index in [1.165, 1.54) is 5.56 Å². The molecule has 7 heteroatoms. The maximum atomic E-state index is 6.09. The van der Waals surface area contributed by atoms with Crippen molar-refractivity contribution in [3.63, 3.8) is 0 Å². The third-order valence-corrected chi connectivity index (χ3v) is 6.36. The molecule has 4 aromatic rings. The average molecular weight is 445 g/mol. The second kappa shape index (κ2) is 7.57. The van der Waals surface area contributed by atoms with E-state index < -0.39 is 0 Å². The van der Waals surface area contributed by atoms with Gasteiger partial charge in [0.05, 0.1) is 17.4 Å². The number of aromatic nitrogens is 3. The first-order chi connectivity index (χ1) is 15.7. The molecule has 3 aromatic carbocycles. The van der Waals surface area contributed by atoms with Crippen molar-refractivity contribution in [2.75, 3.05) is 12.1 Å². The van der Waals surface area contributed by atoms with Gasteiger partial charge in [0.1, 0.15) is 0 Å². The lowest BCUT2D eigenvalue weighted by molar-refractivity contribution is 0.174. The molecule has 1 atom stereocenters. The Bertz CT molecular complexity index is 1320. The van der Waals surface area contributed by atoms with Crippen LogP contribution in [0.2, 0.25) is 5.02 Å². The minimum absolute atomic E-state index is 0.112. The molecule has 0 bridgehead atoms. The van der Waals surface area contributed by atoms with Gasteiger partial charge in [0, 0.05) is 22.8 Å². The minimum Gasteiger partial charge on any atom is -0.454 e. The molecule has 0 fully saturated rings. The van der Waals surface area contributed by atoms with E-state index in [1.54, 1.807) is 0 Å². The lowest BCUT2D eigenvalue weighted by Crippen LogP contribution is -2.12. The number of benzene rings is 3. The van der Waals surface area contributed by atoms with Crippen LogP contribution in [-0.2, 0) is 6.54 Å². The number of anilines is 1. The number of halogens is 1. The molecule has 32 heavy (non-hydrogen) atoms. The van der Waals surface area contributed by atoms with Gasteiger partial charge in [-0.15, -0.1) is 5.10 Å². The number of nitrogens with one attached hydrogen (secondary N) is 1. The van der Waals surface area contributed by atoms with Crippen LogP contribution in [0.15, 0.2) is 60.7 Å². The molecule has 6 rings (SSSR count). The van der Waals surface area contributed by atoms with Crippen LogP contribution in [0.25, 0.3) is 22.4 Å². The molecular weight excluding hydrogens is 424 g/mol. The fourth-order valence-electron chi connectivity index (χ4n) is 4.52. The number of ether oxygens (including phenoxy) is 2. The summed E-state index contributed by atoms with van der Waals surface area (Å²) in [4.78, 5) is 0. The Morgan fingerprint density at radius 3 is 2.62 bits per heavy atom. The molecule has 2 aliphatic heterocycles. The van der Waals surface area contributed by atoms with Crippen LogP contribution in [0, 0.1) is 6.92 Å². The number of fused-ring (bicyclic) bond motifs is 4. The van der Waals surface area contributed by atoms with E-state index >= 15 is 0 Å². The third-order valence-electron chi connectivity index (χ3n) is 6.11. The highest BCUT2D eigenvalue weighted by Gasteiger charge is 2.26. The van der Waals surface area contributed by atoms with Gasteiger partial charge in [0.25, 0.3) is 0 Å². The summed E-state index contributed by atoms with van der Waals surface area (Å²) in [5, 5.41) is 13.1. The van der Waals surface area contributed by atoms with Gasteiger partial charge in [-0.25, -0.2) is 4.68 Å². The molecule has 3 heterocycles. The highest BCUT2D eigenvalue weighted by molar-refractivity contribution is 6.30. The zero-order chi connectivity index (χ0) is 21.7. The van der Waals surface area contributed by atoms with Gasteiger partial charge in [0.15, 0.2) is 11.5 Å². The molecule has 0 aliphatic carbocycles. The molecule has 0 saturated carbocycles. The summed E-state index contributed by atoms with van der Waals surface area (Å²) in [6.45, 7) is 3.07. The van der Waals surface area contributed by atoms with E-state index in [4.69, 9.17) is 21.1 Å². The maximum absolute atomic E-state index is 6.09. The average Bonchev–Trinajstić information content (AvgIpc) is 3.39. The summed E-state index contributed by atoms with van der Waals surface area (Å²) < 4.78 is 13.1. The summed E-state index contributed by atoms with van der Waals surface area (Å²) in [5.74, 6) is 1.57. The minimum atomic E-state index is 0.112. The lowest BCUT2D eigenvalue weighted by atomic mass is 9.92. The van der Waals surface area contributed by atoms with Gasteiger partial charge in [-0.3, -0.25) is 0 Å². The zero-order valence-electron chi connectivity index (χ0n) is 17.5. The largest absolute Gasteiger partial charge is 0.454 e. The van der Waals surface area contributed by atoms with Crippen LogP contribution in [0.3, 0.4) is 0 Å². The number of rotatable bonds is 3. The molecule has 2 aliphatic rings. The molecule has 160 valence electrons. The Balaban J connectivity index is 1.46. The maximum Gasteiger partial charge on any atom is 0.231 e. The highest BCUT2D eigenvalue weighted by Crippen LogP contribution is 2.41. The second-order valence-electron chi connectivity index (χ2n) is 8.11. The van der Waals surface area contributed by atoms with E-state index in [9.17, 15) is 0 Å². The van der Waals surface area contributed by atoms with Gasteiger partial charge < -0.3 is 14.8 Å². The van der Waals surface area contributed by atoms with Crippen molar-refractivity contribution >= 4 is 17.3 Å². The van der Waals surface area contributed by atoms with Gasteiger partial charge in [-0.05, 0) is 72.5 Å². The number of nitrogens with zero attached hydrogens (tertiary/aromatic N) is 3. The van der Waals surface area contributed by atoms with Crippen LogP contribution >= 0.6 is 11.6 Å². The molecule has 0 radical (unpaired) electrons. The summed E-state index contributed by atoms with van der Waals surface area (Å²) >= 11 is 6.09. The van der Waals surface area contributed by atoms with E-state index in [-0.39, 0.29) is 12.8 Å². The first-order valence-electron chi connectivity index (χ1n) is 10.6. The summed E-state index contributed by atoms with van der Waals surface area (Å²) in [6, 6.07) is 20.6. The Morgan fingerprint density at radius 1 is 0.969 bits per heavy atom. The van der Waals surface area contributed by atoms with Crippen molar-refractivity contribution in [2.24, 2.45) is 0 Å². The van der Waals surface area contributed by atoms with Crippen molar-refractivity contribution in [3.8, 4) is 33.9 Å². The first kappa shape index (κ1) is 19.2. The molecular formula is C25H21ClN4O2. The van der Waals surface area contributed by atoms with Crippen molar-refractivity contribution in [3.05, 3.63) is 76.9 Å². The standard InChI is InChI=1S/C25H21ClN4O2/c1-15-25-20-8-2-16(17-3-9-23-24(13-17)32-14-31-23)12-21(20)22(10-11-30(25)29-28-15)27-19-6-4-18(26)5-7-19/h2-9,12-13,22,27H,10-11,14H2,1H3. The summed E-state index contributed by atoms with van der Waals surface area (Å²) in [7, 11) is 0. The van der Waals surface area contributed by atoms with Crippen LogP contribution in [0.1, 0.15) is 23.7 Å². The number of hydrogen-bond acceptors (Lipinski definition) is 5. The van der Waals surface area contributed by atoms with E-state index in [0.29, 0.717) is 0 Å². The van der Waals surface area contributed by atoms with Crippen molar-refractivity contribution < 1.29 is 9.47 Å². The molecule has 1 aromatic heterocycles. The van der Waals surface area contributed by atoms with E-state index in [2.05, 4.69) is 39.9 Å². The second-order valence-corrected chi connectivity index (χ2v) is 8.55.